The molecule has 2 rings (SSSR count). The van der Waals surface area contributed by atoms with Gasteiger partial charge in [0.15, 0.2) is 0 Å². The lowest BCUT2D eigenvalue weighted by Crippen LogP contribution is -2.23. The number of β-amino-alcohol motifs (C(OH)–C–C–N with tert-alkyl or cyclic N) is 1. The number of benzene rings is 1. The van der Waals surface area contributed by atoms with Crippen molar-refractivity contribution in [2.45, 2.75) is 12.5 Å². The summed E-state index contributed by atoms with van der Waals surface area (Å²) in [4.78, 5) is 13.5. The highest BCUT2D eigenvalue weighted by Crippen LogP contribution is 2.27. The molecule has 0 spiro atoms. The van der Waals surface area contributed by atoms with E-state index < -0.39 is 0 Å². The van der Waals surface area contributed by atoms with Gasteiger partial charge in [0.05, 0.1) is 17.5 Å². The van der Waals surface area contributed by atoms with Crippen LogP contribution in [0.25, 0.3) is 0 Å². The fraction of sp³-hybridized carbons (Fsp3) is 0.417. The van der Waals surface area contributed by atoms with Gasteiger partial charge in [-0.3, -0.25) is 4.79 Å². The molecule has 1 saturated heterocycles. The summed E-state index contributed by atoms with van der Waals surface area (Å²) in [6.07, 6.45) is 0.432. The molecular formula is C12H17N3O2. The van der Waals surface area contributed by atoms with Gasteiger partial charge in [-0.1, -0.05) is 0 Å². The van der Waals surface area contributed by atoms with E-state index in [-0.39, 0.29) is 12.0 Å². The fourth-order valence-electron chi connectivity index (χ4n) is 2.06. The van der Waals surface area contributed by atoms with Crippen molar-refractivity contribution in [3.63, 3.8) is 0 Å². The van der Waals surface area contributed by atoms with E-state index in [9.17, 15) is 9.90 Å². The molecule has 1 aromatic carbocycles. The number of carbonyl (C=O) groups is 1. The van der Waals surface area contributed by atoms with Gasteiger partial charge in [-0.25, -0.2) is 0 Å². The lowest BCUT2D eigenvalue weighted by Gasteiger charge is -2.20. The number of nitrogen functional groups attached to an aromatic ring is 1. The average molecular weight is 235 g/mol. The van der Waals surface area contributed by atoms with Crippen LogP contribution in [-0.4, -0.2) is 37.3 Å². The Hall–Kier alpha value is -1.75. The molecule has 1 fully saturated rings. The van der Waals surface area contributed by atoms with Gasteiger partial charge in [-0.15, -0.1) is 0 Å². The fourth-order valence-corrected chi connectivity index (χ4v) is 2.06. The molecule has 1 amide bonds. The molecule has 1 aromatic rings. The average Bonchev–Trinajstić information content (AvgIpc) is 2.75. The van der Waals surface area contributed by atoms with Gasteiger partial charge in [-0.05, 0) is 24.6 Å². The first-order valence-corrected chi connectivity index (χ1v) is 5.66. The molecule has 92 valence electrons. The molecule has 0 aromatic heterocycles. The van der Waals surface area contributed by atoms with E-state index in [1.165, 1.54) is 0 Å². The van der Waals surface area contributed by atoms with Gasteiger partial charge in [0.1, 0.15) is 0 Å². The number of nitrogens with one attached hydrogen (secondary N) is 1. The van der Waals surface area contributed by atoms with E-state index in [4.69, 9.17) is 5.73 Å². The molecule has 1 heterocycles. The molecule has 1 aliphatic heterocycles. The maximum atomic E-state index is 11.5. The largest absolute Gasteiger partial charge is 0.397 e. The van der Waals surface area contributed by atoms with Gasteiger partial charge in [-0.2, -0.15) is 0 Å². The second-order valence-corrected chi connectivity index (χ2v) is 4.24. The Kier molecular flexibility index (Phi) is 3.19. The second kappa shape index (κ2) is 4.63. The highest BCUT2D eigenvalue weighted by Gasteiger charge is 2.22. The Balaban J connectivity index is 2.29. The lowest BCUT2D eigenvalue weighted by atomic mass is 10.1. The topological polar surface area (TPSA) is 78.6 Å². The summed E-state index contributed by atoms with van der Waals surface area (Å²) in [7, 11) is 1.60. The van der Waals surface area contributed by atoms with E-state index in [0.717, 1.165) is 18.7 Å². The Morgan fingerprint density at radius 1 is 1.59 bits per heavy atom. The van der Waals surface area contributed by atoms with Crippen molar-refractivity contribution in [1.29, 1.82) is 0 Å². The van der Waals surface area contributed by atoms with Crippen molar-refractivity contribution < 1.29 is 9.90 Å². The normalized spacial score (nSPS) is 19.4. The van der Waals surface area contributed by atoms with Crippen molar-refractivity contribution in [2.24, 2.45) is 0 Å². The van der Waals surface area contributed by atoms with Gasteiger partial charge >= 0.3 is 0 Å². The predicted molar refractivity (Wildman–Crippen MR) is 67.1 cm³/mol. The third-order valence-corrected chi connectivity index (χ3v) is 3.02. The third-order valence-electron chi connectivity index (χ3n) is 3.02. The smallest absolute Gasteiger partial charge is 0.251 e. The van der Waals surface area contributed by atoms with Crippen LogP contribution in [0.1, 0.15) is 16.8 Å². The number of hydrogen-bond acceptors (Lipinski definition) is 4. The molecule has 0 radical (unpaired) electrons. The van der Waals surface area contributed by atoms with Crippen LogP contribution in [0.3, 0.4) is 0 Å². The van der Waals surface area contributed by atoms with Gasteiger partial charge in [0.2, 0.25) is 0 Å². The van der Waals surface area contributed by atoms with Crippen LogP contribution in [0, 0.1) is 0 Å². The first-order valence-electron chi connectivity index (χ1n) is 5.66. The standard InChI is InChI=1S/C12H17N3O2/c1-14-12(17)8-2-3-10(13)11(6-8)15-5-4-9(16)7-15/h2-3,6,9,16H,4-5,7,13H2,1H3,(H,14,17). The number of hydrogen-bond donors (Lipinski definition) is 3. The molecule has 0 saturated carbocycles. The number of carbonyl (C=O) groups excluding carboxylic acids is 1. The Labute approximate surface area is 100 Å². The summed E-state index contributed by atoms with van der Waals surface area (Å²) < 4.78 is 0. The number of aliphatic hydroxyl groups is 1. The molecule has 0 bridgehead atoms. The van der Waals surface area contributed by atoms with Crippen molar-refractivity contribution >= 4 is 17.3 Å². The van der Waals surface area contributed by atoms with Crippen LogP contribution < -0.4 is 16.0 Å². The minimum absolute atomic E-state index is 0.133. The molecule has 17 heavy (non-hydrogen) atoms. The zero-order valence-electron chi connectivity index (χ0n) is 9.81. The molecule has 5 heteroatoms. The van der Waals surface area contributed by atoms with Crippen molar-refractivity contribution in [3.05, 3.63) is 23.8 Å². The molecule has 1 atom stereocenters. The number of rotatable bonds is 2. The first kappa shape index (κ1) is 11.7. The summed E-state index contributed by atoms with van der Waals surface area (Å²) in [5, 5.41) is 12.1. The van der Waals surface area contributed by atoms with E-state index in [0.29, 0.717) is 17.8 Å². The predicted octanol–water partition coefficient (Wildman–Crippen LogP) is 0.199. The van der Waals surface area contributed by atoms with Gasteiger partial charge in [0.25, 0.3) is 5.91 Å². The quantitative estimate of drug-likeness (QED) is 0.640. The van der Waals surface area contributed by atoms with E-state index in [2.05, 4.69) is 5.32 Å². The summed E-state index contributed by atoms with van der Waals surface area (Å²) in [6.45, 7) is 1.34. The van der Waals surface area contributed by atoms with Crippen molar-refractivity contribution in [3.8, 4) is 0 Å². The van der Waals surface area contributed by atoms with Crippen LogP contribution in [0.2, 0.25) is 0 Å². The summed E-state index contributed by atoms with van der Waals surface area (Å²) in [5.41, 5.74) is 7.94. The number of nitrogens with zero attached hydrogens (tertiary/aromatic N) is 1. The lowest BCUT2D eigenvalue weighted by molar-refractivity contribution is 0.0963. The van der Waals surface area contributed by atoms with Crippen LogP contribution in [0.4, 0.5) is 11.4 Å². The summed E-state index contributed by atoms with van der Waals surface area (Å²) >= 11 is 0. The number of anilines is 2. The van der Waals surface area contributed by atoms with E-state index >= 15 is 0 Å². The van der Waals surface area contributed by atoms with Crippen molar-refractivity contribution in [1.82, 2.24) is 5.32 Å². The number of amides is 1. The van der Waals surface area contributed by atoms with E-state index in [1.54, 1.807) is 25.2 Å². The summed E-state index contributed by atoms with van der Waals surface area (Å²) in [5.74, 6) is -0.133. The maximum Gasteiger partial charge on any atom is 0.251 e. The Morgan fingerprint density at radius 3 is 2.94 bits per heavy atom. The van der Waals surface area contributed by atoms with Gasteiger partial charge < -0.3 is 21.1 Å². The van der Waals surface area contributed by atoms with Gasteiger partial charge in [0, 0.05) is 25.7 Å². The minimum atomic E-state index is -0.307. The maximum absolute atomic E-state index is 11.5. The zero-order chi connectivity index (χ0) is 12.4. The molecule has 0 aliphatic carbocycles. The van der Waals surface area contributed by atoms with Crippen LogP contribution in [0.15, 0.2) is 18.2 Å². The summed E-state index contributed by atoms with van der Waals surface area (Å²) in [6, 6.07) is 5.20. The zero-order valence-corrected chi connectivity index (χ0v) is 9.81. The molecular weight excluding hydrogens is 218 g/mol. The van der Waals surface area contributed by atoms with Crippen LogP contribution >= 0.6 is 0 Å². The van der Waals surface area contributed by atoms with Crippen LogP contribution in [0.5, 0.6) is 0 Å². The molecule has 1 unspecified atom stereocenters. The Morgan fingerprint density at radius 2 is 2.35 bits per heavy atom. The molecule has 1 aliphatic rings. The monoisotopic (exact) mass is 235 g/mol. The number of aliphatic hydroxyl groups excluding tert-OH is 1. The van der Waals surface area contributed by atoms with Crippen LogP contribution in [-0.2, 0) is 0 Å². The number of nitrogens with two attached hydrogens (primary N) is 1. The third kappa shape index (κ3) is 2.34. The highest BCUT2D eigenvalue weighted by molar-refractivity contribution is 5.96. The highest BCUT2D eigenvalue weighted by atomic mass is 16.3. The second-order valence-electron chi connectivity index (χ2n) is 4.24. The SMILES string of the molecule is CNC(=O)c1ccc(N)c(N2CCC(O)C2)c1. The first-order chi connectivity index (χ1) is 8.11. The molecule has 4 N–H and O–H groups in total. The van der Waals surface area contributed by atoms with E-state index in [1.807, 2.05) is 4.90 Å². The Bertz CT molecular complexity index is 434. The molecule has 5 nitrogen and oxygen atoms in total. The minimum Gasteiger partial charge on any atom is -0.397 e. The van der Waals surface area contributed by atoms with Crippen molar-refractivity contribution in [2.75, 3.05) is 30.8 Å².